The number of rotatable bonds is 7. The molecular formula is C26H34. The minimum atomic E-state index is 0.774. The van der Waals surface area contributed by atoms with Gasteiger partial charge in [0.1, 0.15) is 0 Å². The fourth-order valence-electron chi connectivity index (χ4n) is 4.50. The molecule has 1 aliphatic carbocycles. The van der Waals surface area contributed by atoms with Crippen LogP contribution in [0.4, 0.5) is 0 Å². The van der Waals surface area contributed by atoms with Crippen molar-refractivity contribution in [2.24, 2.45) is 5.92 Å². The SMILES string of the molecule is C=Cc1ccc(-c2ccc(C3CCC(CCCCC)CC3)cc2)cc1C. The molecule has 2 aromatic carbocycles. The van der Waals surface area contributed by atoms with Gasteiger partial charge >= 0.3 is 0 Å². The van der Waals surface area contributed by atoms with Crippen molar-refractivity contribution in [3.8, 4) is 11.1 Å². The van der Waals surface area contributed by atoms with E-state index >= 15 is 0 Å². The summed E-state index contributed by atoms with van der Waals surface area (Å²) in [7, 11) is 0. The van der Waals surface area contributed by atoms with E-state index in [1.165, 1.54) is 73.6 Å². The molecule has 2 aromatic rings. The van der Waals surface area contributed by atoms with E-state index in [2.05, 4.69) is 62.9 Å². The zero-order chi connectivity index (χ0) is 18.4. The average Bonchev–Trinajstić information content (AvgIpc) is 2.69. The largest absolute Gasteiger partial charge is 0.0985 e. The highest BCUT2D eigenvalue weighted by Crippen LogP contribution is 2.38. The second-order valence-electron chi connectivity index (χ2n) is 8.11. The zero-order valence-corrected chi connectivity index (χ0v) is 16.6. The summed E-state index contributed by atoms with van der Waals surface area (Å²) >= 11 is 0. The van der Waals surface area contributed by atoms with Crippen molar-refractivity contribution >= 4 is 6.08 Å². The van der Waals surface area contributed by atoms with Crippen LogP contribution in [0, 0.1) is 12.8 Å². The van der Waals surface area contributed by atoms with Crippen molar-refractivity contribution in [2.45, 2.75) is 71.1 Å². The molecule has 0 bridgehead atoms. The van der Waals surface area contributed by atoms with Gasteiger partial charge in [0.05, 0.1) is 0 Å². The van der Waals surface area contributed by atoms with Gasteiger partial charge < -0.3 is 0 Å². The van der Waals surface area contributed by atoms with Crippen LogP contribution in [0.25, 0.3) is 17.2 Å². The van der Waals surface area contributed by atoms with Gasteiger partial charge in [-0.25, -0.2) is 0 Å². The quantitative estimate of drug-likeness (QED) is 0.443. The lowest BCUT2D eigenvalue weighted by molar-refractivity contribution is 0.303. The van der Waals surface area contributed by atoms with Crippen LogP contribution >= 0.6 is 0 Å². The minimum Gasteiger partial charge on any atom is -0.0985 e. The van der Waals surface area contributed by atoms with Crippen molar-refractivity contribution < 1.29 is 0 Å². The Morgan fingerprint density at radius 3 is 2.23 bits per heavy atom. The molecule has 0 N–H and O–H groups in total. The molecule has 1 aliphatic rings. The second-order valence-corrected chi connectivity index (χ2v) is 8.11. The summed E-state index contributed by atoms with van der Waals surface area (Å²) in [4.78, 5) is 0. The number of benzene rings is 2. The highest BCUT2D eigenvalue weighted by Gasteiger charge is 2.22. The van der Waals surface area contributed by atoms with Gasteiger partial charge in [0.2, 0.25) is 0 Å². The maximum absolute atomic E-state index is 3.88. The summed E-state index contributed by atoms with van der Waals surface area (Å²) in [6, 6.07) is 16.0. The van der Waals surface area contributed by atoms with Gasteiger partial charge in [-0.1, -0.05) is 87.7 Å². The van der Waals surface area contributed by atoms with Gasteiger partial charge in [0.15, 0.2) is 0 Å². The molecule has 0 amide bonds. The summed E-state index contributed by atoms with van der Waals surface area (Å²) in [5, 5.41) is 0. The smallest absolute Gasteiger partial charge is 0.0162 e. The Morgan fingerprint density at radius 1 is 0.923 bits per heavy atom. The zero-order valence-electron chi connectivity index (χ0n) is 16.6. The van der Waals surface area contributed by atoms with Gasteiger partial charge in [-0.05, 0) is 72.3 Å². The monoisotopic (exact) mass is 346 g/mol. The van der Waals surface area contributed by atoms with Crippen LogP contribution in [0.1, 0.15) is 80.9 Å². The van der Waals surface area contributed by atoms with Crippen LogP contribution in [0.2, 0.25) is 0 Å². The van der Waals surface area contributed by atoms with E-state index in [1.54, 1.807) is 5.56 Å². The van der Waals surface area contributed by atoms with E-state index < -0.39 is 0 Å². The van der Waals surface area contributed by atoms with E-state index in [1.807, 2.05) is 6.08 Å². The lowest BCUT2D eigenvalue weighted by Crippen LogP contribution is -2.13. The van der Waals surface area contributed by atoms with Crippen LogP contribution in [0.5, 0.6) is 0 Å². The Morgan fingerprint density at radius 2 is 1.62 bits per heavy atom. The summed E-state index contributed by atoms with van der Waals surface area (Å²) in [6.07, 6.45) is 13.2. The maximum Gasteiger partial charge on any atom is -0.0162 e. The van der Waals surface area contributed by atoms with E-state index in [-0.39, 0.29) is 0 Å². The van der Waals surface area contributed by atoms with Crippen LogP contribution in [-0.4, -0.2) is 0 Å². The molecule has 138 valence electrons. The third kappa shape index (κ3) is 4.67. The number of hydrogen-bond acceptors (Lipinski definition) is 0. The lowest BCUT2D eigenvalue weighted by atomic mass is 9.77. The van der Waals surface area contributed by atoms with Crippen LogP contribution in [0.15, 0.2) is 49.0 Å². The van der Waals surface area contributed by atoms with E-state index in [0.29, 0.717) is 0 Å². The molecule has 0 heteroatoms. The fourth-order valence-corrected chi connectivity index (χ4v) is 4.50. The van der Waals surface area contributed by atoms with Gasteiger partial charge in [-0.2, -0.15) is 0 Å². The van der Waals surface area contributed by atoms with Crippen molar-refractivity contribution in [3.05, 3.63) is 65.7 Å². The Bertz CT molecular complexity index is 699. The Labute approximate surface area is 160 Å². The molecule has 0 nitrogen and oxygen atoms in total. The number of hydrogen-bond donors (Lipinski definition) is 0. The first-order valence-corrected chi connectivity index (χ1v) is 10.5. The van der Waals surface area contributed by atoms with Crippen molar-refractivity contribution in [1.82, 2.24) is 0 Å². The fraction of sp³-hybridized carbons (Fsp3) is 0.462. The summed E-state index contributed by atoms with van der Waals surface area (Å²) < 4.78 is 0. The van der Waals surface area contributed by atoms with Crippen molar-refractivity contribution in [1.29, 1.82) is 0 Å². The van der Waals surface area contributed by atoms with E-state index in [9.17, 15) is 0 Å². The Kier molecular flexibility index (Phi) is 6.72. The topological polar surface area (TPSA) is 0 Å². The number of unbranched alkanes of at least 4 members (excludes halogenated alkanes) is 2. The molecule has 0 saturated heterocycles. The van der Waals surface area contributed by atoms with Crippen molar-refractivity contribution in [2.75, 3.05) is 0 Å². The minimum absolute atomic E-state index is 0.774. The first-order valence-electron chi connectivity index (χ1n) is 10.5. The van der Waals surface area contributed by atoms with Gasteiger partial charge in [0.25, 0.3) is 0 Å². The molecule has 0 atom stereocenters. The summed E-state index contributed by atoms with van der Waals surface area (Å²) in [6.45, 7) is 8.35. The molecule has 0 aliphatic heterocycles. The molecule has 1 fully saturated rings. The summed E-state index contributed by atoms with van der Waals surface area (Å²) in [5.74, 6) is 1.76. The van der Waals surface area contributed by atoms with Crippen molar-refractivity contribution in [3.63, 3.8) is 0 Å². The Hall–Kier alpha value is -1.82. The molecule has 1 saturated carbocycles. The normalized spacial score (nSPS) is 20.1. The first kappa shape index (κ1) is 19.0. The third-order valence-corrected chi connectivity index (χ3v) is 6.27. The Balaban J connectivity index is 1.60. The molecule has 0 unspecified atom stereocenters. The highest BCUT2D eigenvalue weighted by molar-refractivity contribution is 5.67. The van der Waals surface area contributed by atoms with Crippen LogP contribution in [0.3, 0.4) is 0 Å². The predicted molar refractivity (Wildman–Crippen MR) is 116 cm³/mol. The van der Waals surface area contributed by atoms with E-state index in [0.717, 1.165) is 11.8 Å². The van der Waals surface area contributed by atoms with Gasteiger partial charge in [0, 0.05) is 0 Å². The maximum atomic E-state index is 3.88. The third-order valence-electron chi connectivity index (χ3n) is 6.27. The second kappa shape index (κ2) is 9.21. The number of aryl methyl sites for hydroxylation is 1. The van der Waals surface area contributed by atoms with Crippen LogP contribution in [-0.2, 0) is 0 Å². The molecule has 0 radical (unpaired) electrons. The molecule has 0 spiro atoms. The molecule has 26 heavy (non-hydrogen) atoms. The first-order chi connectivity index (χ1) is 12.7. The average molecular weight is 347 g/mol. The molecule has 0 aromatic heterocycles. The standard InChI is InChI=1S/C26H34/c1-4-6-7-8-21-9-11-23(12-10-21)24-14-16-25(17-15-24)26-18-13-22(5-2)20(3)19-26/h5,13-19,21,23H,2,4,6-12H2,1,3H3. The molecule has 0 heterocycles. The van der Waals surface area contributed by atoms with Gasteiger partial charge in [-0.3, -0.25) is 0 Å². The van der Waals surface area contributed by atoms with Crippen LogP contribution < -0.4 is 0 Å². The highest BCUT2D eigenvalue weighted by atomic mass is 14.3. The van der Waals surface area contributed by atoms with E-state index in [4.69, 9.17) is 0 Å². The summed E-state index contributed by atoms with van der Waals surface area (Å²) in [5.41, 5.74) is 6.68. The molecular weight excluding hydrogens is 312 g/mol. The lowest BCUT2D eigenvalue weighted by Gasteiger charge is -2.29. The predicted octanol–water partition coefficient (Wildman–Crippen LogP) is 8.16. The van der Waals surface area contributed by atoms with Gasteiger partial charge in [-0.15, -0.1) is 0 Å². The molecule has 3 rings (SSSR count).